The van der Waals surface area contributed by atoms with E-state index in [1.165, 1.54) is 16.8 Å². The molecule has 3 N–H and O–H groups in total. The number of hydrogen-bond acceptors (Lipinski definition) is 4. The van der Waals surface area contributed by atoms with Gasteiger partial charge in [0.05, 0.1) is 10.6 Å². The number of rotatable bonds is 5. The maximum Gasteiger partial charge on any atom is 0.252 e. The van der Waals surface area contributed by atoms with Gasteiger partial charge in [-0.15, -0.1) is 0 Å². The third-order valence-electron chi connectivity index (χ3n) is 3.03. The fourth-order valence-corrected chi connectivity index (χ4v) is 2.69. The van der Waals surface area contributed by atoms with Gasteiger partial charge < -0.3 is 14.9 Å². The second-order valence-corrected chi connectivity index (χ2v) is 6.01. The van der Waals surface area contributed by atoms with Crippen LogP contribution in [0, 0.1) is 5.41 Å². The summed E-state index contributed by atoms with van der Waals surface area (Å²) in [6.07, 6.45) is 1.54. The molecule has 1 heterocycles. The molecular formula is C14H13ClN3O3S-. The predicted octanol–water partition coefficient (Wildman–Crippen LogP) is 1.15. The number of nitrogens with one attached hydrogen (secondary N) is 1. The molecule has 1 amide bonds. The van der Waals surface area contributed by atoms with E-state index in [0.29, 0.717) is 17.1 Å². The largest absolute Gasteiger partial charge is 0.772 e. The third kappa shape index (κ3) is 4.03. The number of halogens is 1. The first-order chi connectivity index (χ1) is 10.4. The number of carbonyl (C=O) groups is 1. The van der Waals surface area contributed by atoms with Gasteiger partial charge in [-0.2, -0.15) is 0 Å². The van der Waals surface area contributed by atoms with Gasteiger partial charge in [-0.1, -0.05) is 46.9 Å². The van der Waals surface area contributed by atoms with Gasteiger partial charge in [-0.3, -0.25) is 14.4 Å². The van der Waals surface area contributed by atoms with Crippen molar-refractivity contribution >= 4 is 28.6 Å². The molecule has 22 heavy (non-hydrogen) atoms. The van der Waals surface area contributed by atoms with Crippen LogP contribution in [0.1, 0.15) is 21.5 Å². The van der Waals surface area contributed by atoms with Gasteiger partial charge in [-0.25, -0.2) is 0 Å². The number of amides is 1. The number of primary amides is 1. The monoisotopic (exact) mass is 338 g/mol. The average Bonchev–Trinajstić information content (AvgIpc) is 2.43. The first kappa shape index (κ1) is 16.4. The van der Waals surface area contributed by atoms with E-state index in [4.69, 9.17) is 22.7 Å². The lowest BCUT2D eigenvalue weighted by Gasteiger charge is -2.11. The highest BCUT2D eigenvalue weighted by molar-refractivity contribution is 7.78. The summed E-state index contributed by atoms with van der Waals surface area (Å²) in [6.45, 7) is 0.320. The molecular weight excluding hydrogens is 326 g/mol. The predicted molar refractivity (Wildman–Crippen MR) is 82.0 cm³/mol. The standard InChI is InChI=1S/C14H14ClN3O3S/c15-11-5-12(14(17)19)13(16)18(7-11)6-9-1-3-10(4-2-9)8-22(20)21/h1-5,7,16H,6,8H2,(H2,17,19)(H,20,21)/p-1. The molecule has 8 heteroatoms. The Labute approximate surface area is 134 Å². The van der Waals surface area contributed by atoms with E-state index in [1.807, 2.05) is 0 Å². The van der Waals surface area contributed by atoms with E-state index in [9.17, 15) is 13.6 Å². The average molecular weight is 339 g/mol. The molecule has 0 aliphatic carbocycles. The van der Waals surface area contributed by atoms with Crippen molar-refractivity contribution in [1.82, 2.24) is 4.57 Å². The molecule has 0 bridgehead atoms. The number of pyridine rings is 1. The summed E-state index contributed by atoms with van der Waals surface area (Å²) in [5.74, 6) is -0.755. The Morgan fingerprint density at radius 1 is 1.32 bits per heavy atom. The fourth-order valence-electron chi connectivity index (χ4n) is 2.00. The van der Waals surface area contributed by atoms with Crippen molar-refractivity contribution in [3.63, 3.8) is 0 Å². The van der Waals surface area contributed by atoms with E-state index >= 15 is 0 Å². The summed E-state index contributed by atoms with van der Waals surface area (Å²) >= 11 is 3.80. The quantitative estimate of drug-likeness (QED) is 0.797. The summed E-state index contributed by atoms with van der Waals surface area (Å²) in [7, 11) is 0. The van der Waals surface area contributed by atoms with Crippen LogP contribution in [0.25, 0.3) is 0 Å². The molecule has 0 spiro atoms. The van der Waals surface area contributed by atoms with Crippen LogP contribution in [0.2, 0.25) is 5.02 Å². The highest BCUT2D eigenvalue weighted by atomic mass is 35.5. The first-order valence-corrected chi connectivity index (χ1v) is 7.87. The van der Waals surface area contributed by atoms with Crippen LogP contribution in [0.4, 0.5) is 0 Å². The maximum atomic E-state index is 11.3. The number of carbonyl (C=O) groups excluding carboxylic acids is 1. The Balaban J connectivity index is 2.29. The molecule has 1 unspecified atom stereocenters. The summed E-state index contributed by atoms with van der Waals surface area (Å²) in [4.78, 5) is 11.3. The van der Waals surface area contributed by atoms with Crippen molar-refractivity contribution in [2.24, 2.45) is 5.73 Å². The lowest BCUT2D eigenvalue weighted by molar-refractivity contribution is 0.0997. The zero-order chi connectivity index (χ0) is 16.3. The Hall–Kier alpha value is -1.96. The van der Waals surface area contributed by atoms with Gasteiger partial charge in [0.25, 0.3) is 5.91 Å². The Morgan fingerprint density at radius 2 is 1.91 bits per heavy atom. The van der Waals surface area contributed by atoms with Crippen LogP contribution >= 0.6 is 11.6 Å². The van der Waals surface area contributed by atoms with Crippen LogP contribution in [0.3, 0.4) is 0 Å². The highest BCUT2D eigenvalue weighted by Crippen LogP contribution is 2.11. The van der Waals surface area contributed by atoms with Crippen molar-refractivity contribution in [3.8, 4) is 0 Å². The van der Waals surface area contributed by atoms with Crippen LogP contribution in [-0.4, -0.2) is 19.2 Å². The van der Waals surface area contributed by atoms with Crippen LogP contribution < -0.4 is 11.2 Å². The molecule has 0 fully saturated rings. The smallest absolute Gasteiger partial charge is 0.252 e. The van der Waals surface area contributed by atoms with E-state index in [1.54, 1.807) is 24.3 Å². The Morgan fingerprint density at radius 3 is 2.45 bits per heavy atom. The van der Waals surface area contributed by atoms with Gasteiger partial charge in [0, 0.05) is 18.5 Å². The van der Waals surface area contributed by atoms with E-state index in [2.05, 4.69) is 0 Å². The maximum absolute atomic E-state index is 11.3. The van der Waals surface area contributed by atoms with Crippen LogP contribution in [0.15, 0.2) is 36.5 Å². The molecule has 2 rings (SSSR count). The van der Waals surface area contributed by atoms with E-state index in [-0.39, 0.29) is 16.8 Å². The molecule has 0 saturated carbocycles. The van der Waals surface area contributed by atoms with Gasteiger partial charge in [0.15, 0.2) is 0 Å². The zero-order valence-electron chi connectivity index (χ0n) is 11.4. The molecule has 1 aromatic carbocycles. The topological polar surface area (TPSA) is 112 Å². The van der Waals surface area contributed by atoms with Gasteiger partial charge in [0.2, 0.25) is 0 Å². The lowest BCUT2D eigenvalue weighted by Crippen LogP contribution is -2.29. The molecule has 1 aromatic heterocycles. The number of nitrogens with two attached hydrogens (primary N) is 1. The normalized spacial score (nSPS) is 12.1. The molecule has 6 nitrogen and oxygen atoms in total. The number of nitrogens with zero attached hydrogens (tertiary/aromatic N) is 1. The summed E-state index contributed by atoms with van der Waals surface area (Å²) in [6, 6.07) is 8.29. The molecule has 116 valence electrons. The van der Waals surface area contributed by atoms with Crippen molar-refractivity contribution in [2.75, 3.05) is 0 Å². The van der Waals surface area contributed by atoms with Crippen molar-refractivity contribution in [3.05, 3.63) is 63.7 Å². The number of hydrogen-bond donors (Lipinski definition) is 2. The minimum Gasteiger partial charge on any atom is -0.772 e. The SMILES string of the molecule is N=c1c(C(N)=O)cc(Cl)cn1Cc1ccc(CS(=O)[O-])cc1. The molecule has 0 aliphatic heterocycles. The molecule has 0 aliphatic rings. The van der Waals surface area contributed by atoms with Crippen molar-refractivity contribution in [2.45, 2.75) is 12.3 Å². The second kappa shape index (κ2) is 6.87. The van der Waals surface area contributed by atoms with Crippen LogP contribution in [-0.2, 0) is 23.4 Å². The molecule has 0 radical (unpaired) electrons. The summed E-state index contributed by atoms with van der Waals surface area (Å²) < 4.78 is 22.8. The summed E-state index contributed by atoms with van der Waals surface area (Å²) in [5, 5.41) is 8.29. The second-order valence-electron chi connectivity index (χ2n) is 4.68. The van der Waals surface area contributed by atoms with Gasteiger partial charge in [-0.05, 0) is 17.2 Å². The summed E-state index contributed by atoms with van der Waals surface area (Å²) in [5.41, 5.74) is 6.77. The van der Waals surface area contributed by atoms with E-state index in [0.717, 1.165) is 5.56 Å². The van der Waals surface area contributed by atoms with Gasteiger partial charge in [0.1, 0.15) is 5.49 Å². The highest BCUT2D eigenvalue weighted by Gasteiger charge is 2.08. The Kier molecular flexibility index (Phi) is 5.12. The Bertz CT molecular complexity index is 787. The molecule has 2 aromatic rings. The van der Waals surface area contributed by atoms with E-state index < -0.39 is 17.0 Å². The van der Waals surface area contributed by atoms with Crippen molar-refractivity contribution in [1.29, 1.82) is 5.41 Å². The first-order valence-electron chi connectivity index (χ1n) is 6.25. The minimum absolute atomic E-state index is 0.0263. The van der Waals surface area contributed by atoms with Crippen LogP contribution in [0.5, 0.6) is 0 Å². The number of aromatic nitrogens is 1. The molecule has 1 atom stereocenters. The lowest BCUT2D eigenvalue weighted by atomic mass is 10.1. The third-order valence-corrected chi connectivity index (χ3v) is 3.81. The van der Waals surface area contributed by atoms with Gasteiger partial charge >= 0.3 is 0 Å². The molecule has 0 saturated heterocycles. The number of benzene rings is 1. The zero-order valence-corrected chi connectivity index (χ0v) is 13.0. The minimum atomic E-state index is -2.13. The fraction of sp³-hybridized carbons (Fsp3) is 0.143. The van der Waals surface area contributed by atoms with Crippen molar-refractivity contribution < 1.29 is 13.6 Å².